The summed E-state index contributed by atoms with van der Waals surface area (Å²) in [6, 6.07) is 4.86. The lowest BCUT2D eigenvalue weighted by Crippen LogP contribution is -2.36. The standard InChI is InChI=1S/C13H17FN2O/c1-9-6-10(2-3-11(9)14)7-16-12(17)13(8-15)4-5-13/h2-3,6H,4-5,7-8,15H2,1H3,(H,16,17). The van der Waals surface area contributed by atoms with Crippen LogP contribution in [0.1, 0.15) is 24.0 Å². The molecule has 0 heterocycles. The van der Waals surface area contributed by atoms with Gasteiger partial charge in [-0.2, -0.15) is 0 Å². The first-order valence-electron chi connectivity index (χ1n) is 5.81. The monoisotopic (exact) mass is 236 g/mol. The molecule has 0 aliphatic heterocycles. The number of carbonyl (C=O) groups excluding carboxylic acids is 1. The molecule has 1 aromatic carbocycles. The highest BCUT2D eigenvalue weighted by atomic mass is 19.1. The van der Waals surface area contributed by atoms with Gasteiger partial charge < -0.3 is 11.1 Å². The number of carbonyl (C=O) groups is 1. The van der Waals surface area contributed by atoms with Crippen molar-refractivity contribution in [2.75, 3.05) is 6.54 Å². The maximum Gasteiger partial charge on any atom is 0.227 e. The Bertz CT molecular complexity index is 441. The second kappa shape index (κ2) is 4.45. The quantitative estimate of drug-likeness (QED) is 0.832. The number of aryl methyl sites for hydroxylation is 1. The third-order valence-electron chi connectivity index (χ3n) is 3.40. The molecule has 1 aliphatic carbocycles. The number of hydrogen-bond acceptors (Lipinski definition) is 2. The number of nitrogens with two attached hydrogens (primary N) is 1. The predicted octanol–water partition coefficient (Wildman–Crippen LogP) is 1.49. The topological polar surface area (TPSA) is 55.1 Å². The molecule has 0 spiro atoms. The van der Waals surface area contributed by atoms with Gasteiger partial charge in [0, 0.05) is 13.1 Å². The minimum Gasteiger partial charge on any atom is -0.352 e. The highest BCUT2D eigenvalue weighted by Crippen LogP contribution is 2.44. The molecule has 4 heteroatoms. The van der Waals surface area contributed by atoms with Crippen molar-refractivity contribution in [2.24, 2.45) is 11.1 Å². The Kier molecular flexibility index (Phi) is 3.15. The van der Waals surface area contributed by atoms with E-state index in [2.05, 4.69) is 5.32 Å². The van der Waals surface area contributed by atoms with Crippen molar-refractivity contribution >= 4 is 5.91 Å². The molecule has 0 aromatic heterocycles. The largest absolute Gasteiger partial charge is 0.352 e. The normalized spacial score (nSPS) is 16.6. The fourth-order valence-electron chi connectivity index (χ4n) is 1.86. The third-order valence-corrected chi connectivity index (χ3v) is 3.40. The molecule has 1 aliphatic rings. The summed E-state index contributed by atoms with van der Waals surface area (Å²) in [4.78, 5) is 11.8. The van der Waals surface area contributed by atoms with Crippen LogP contribution in [-0.2, 0) is 11.3 Å². The maximum absolute atomic E-state index is 13.0. The van der Waals surface area contributed by atoms with Gasteiger partial charge in [0.25, 0.3) is 0 Å². The van der Waals surface area contributed by atoms with E-state index >= 15 is 0 Å². The summed E-state index contributed by atoms with van der Waals surface area (Å²) in [5, 5.41) is 2.86. The van der Waals surface area contributed by atoms with Crippen LogP contribution in [0.3, 0.4) is 0 Å². The van der Waals surface area contributed by atoms with E-state index in [1.807, 2.05) is 0 Å². The van der Waals surface area contributed by atoms with Crippen LogP contribution < -0.4 is 11.1 Å². The first kappa shape index (κ1) is 12.0. The minimum atomic E-state index is -0.324. The predicted molar refractivity (Wildman–Crippen MR) is 63.7 cm³/mol. The van der Waals surface area contributed by atoms with Crippen LogP contribution in [0, 0.1) is 18.2 Å². The second-order valence-corrected chi connectivity index (χ2v) is 4.75. The number of halogens is 1. The average molecular weight is 236 g/mol. The molecule has 0 atom stereocenters. The zero-order valence-corrected chi connectivity index (χ0v) is 9.92. The average Bonchev–Trinajstić information content (AvgIpc) is 3.11. The van der Waals surface area contributed by atoms with E-state index in [1.54, 1.807) is 19.1 Å². The zero-order chi connectivity index (χ0) is 12.5. The molecule has 3 nitrogen and oxygen atoms in total. The maximum atomic E-state index is 13.0. The Balaban J connectivity index is 1.94. The van der Waals surface area contributed by atoms with Gasteiger partial charge in [0.2, 0.25) is 5.91 Å². The lowest BCUT2D eigenvalue weighted by molar-refractivity contribution is -0.126. The van der Waals surface area contributed by atoms with E-state index < -0.39 is 0 Å². The molecule has 1 amide bonds. The van der Waals surface area contributed by atoms with E-state index in [9.17, 15) is 9.18 Å². The summed E-state index contributed by atoms with van der Waals surface area (Å²) in [6.45, 7) is 2.55. The Labute approximate surface area is 100 Å². The molecule has 3 N–H and O–H groups in total. The Morgan fingerprint density at radius 2 is 2.24 bits per heavy atom. The van der Waals surface area contributed by atoms with Crippen LogP contribution in [0.25, 0.3) is 0 Å². The lowest BCUT2D eigenvalue weighted by atomic mass is 10.1. The lowest BCUT2D eigenvalue weighted by Gasteiger charge is -2.13. The highest BCUT2D eigenvalue weighted by Gasteiger charge is 2.48. The first-order chi connectivity index (χ1) is 8.07. The van der Waals surface area contributed by atoms with Gasteiger partial charge in [0.1, 0.15) is 5.82 Å². The summed E-state index contributed by atoms with van der Waals surface area (Å²) < 4.78 is 13.0. The smallest absolute Gasteiger partial charge is 0.227 e. The highest BCUT2D eigenvalue weighted by molar-refractivity contribution is 5.85. The summed E-state index contributed by atoms with van der Waals surface area (Å²) >= 11 is 0. The molecule has 0 radical (unpaired) electrons. The molecule has 0 unspecified atom stereocenters. The molecule has 0 saturated heterocycles. The van der Waals surface area contributed by atoms with Crippen molar-refractivity contribution in [3.8, 4) is 0 Å². The third kappa shape index (κ3) is 2.47. The Morgan fingerprint density at radius 1 is 1.53 bits per heavy atom. The number of nitrogens with one attached hydrogen (secondary N) is 1. The minimum absolute atomic E-state index is 0.0157. The van der Waals surface area contributed by atoms with Gasteiger partial charge in [-0.1, -0.05) is 12.1 Å². The fraction of sp³-hybridized carbons (Fsp3) is 0.462. The van der Waals surface area contributed by atoms with Crippen molar-refractivity contribution in [3.05, 3.63) is 35.1 Å². The van der Waals surface area contributed by atoms with Crippen LogP contribution in [0.2, 0.25) is 0 Å². The number of hydrogen-bond donors (Lipinski definition) is 2. The van der Waals surface area contributed by atoms with Gasteiger partial charge in [0.05, 0.1) is 5.41 Å². The number of benzene rings is 1. The SMILES string of the molecule is Cc1cc(CNC(=O)C2(CN)CC2)ccc1F. The van der Waals surface area contributed by atoms with E-state index in [-0.39, 0.29) is 17.1 Å². The van der Waals surface area contributed by atoms with Gasteiger partial charge >= 0.3 is 0 Å². The van der Waals surface area contributed by atoms with Gasteiger partial charge in [-0.15, -0.1) is 0 Å². The van der Waals surface area contributed by atoms with E-state index in [0.29, 0.717) is 18.7 Å². The first-order valence-corrected chi connectivity index (χ1v) is 5.81. The van der Waals surface area contributed by atoms with Crippen LogP contribution in [0.4, 0.5) is 4.39 Å². The van der Waals surface area contributed by atoms with E-state index in [4.69, 9.17) is 5.73 Å². The Hall–Kier alpha value is -1.42. The van der Waals surface area contributed by atoms with Gasteiger partial charge in [-0.05, 0) is 37.0 Å². The zero-order valence-electron chi connectivity index (χ0n) is 9.92. The van der Waals surface area contributed by atoms with Crippen LogP contribution in [0.5, 0.6) is 0 Å². The van der Waals surface area contributed by atoms with Crippen molar-refractivity contribution in [1.29, 1.82) is 0 Å². The second-order valence-electron chi connectivity index (χ2n) is 4.75. The Morgan fingerprint density at radius 3 is 2.76 bits per heavy atom. The fourth-order valence-corrected chi connectivity index (χ4v) is 1.86. The summed E-state index contributed by atoms with van der Waals surface area (Å²) in [6.07, 6.45) is 1.75. The van der Waals surface area contributed by atoms with Gasteiger partial charge in [0.15, 0.2) is 0 Å². The van der Waals surface area contributed by atoms with Crippen molar-refractivity contribution in [3.63, 3.8) is 0 Å². The molecular weight excluding hydrogens is 219 g/mol. The molecule has 1 fully saturated rings. The molecule has 0 bridgehead atoms. The van der Waals surface area contributed by atoms with Crippen molar-refractivity contribution < 1.29 is 9.18 Å². The molecule has 92 valence electrons. The van der Waals surface area contributed by atoms with Crippen LogP contribution in [0.15, 0.2) is 18.2 Å². The van der Waals surface area contributed by atoms with Crippen molar-refractivity contribution in [1.82, 2.24) is 5.32 Å². The van der Waals surface area contributed by atoms with Crippen molar-refractivity contribution in [2.45, 2.75) is 26.3 Å². The number of amides is 1. The molecular formula is C13H17FN2O. The summed E-state index contributed by atoms with van der Waals surface area (Å²) in [7, 11) is 0. The van der Waals surface area contributed by atoms with E-state index in [1.165, 1.54) is 6.07 Å². The summed E-state index contributed by atoms with van der Waals surface area (Å²) in [5.41, 5.74) is 6.75. The molecule has 17 heavy (non-hydrogen) atoms. The molecule has 1 saturated carbocycles. The van der Waals surface area contributed by atoms with Gasteiger partial charge in [-0.25, -0.2) is 4.39 Å². The molecule has 1 aromatic rings. The number of rotatable bonds is 4. The van der Waals surface area contributed by atoms with Crippen LogP contribution >= 0.6 is 0 Å². The molecule has 2 rings (SSSR count). The van der Waals surface area contributed by atoms with E-state index in [0.717, 1.165) is 18.4 Å². The van der Waals surface area contributed by atoms with Gasteiger partial charge in [-0.3, -0.25) is 4.79 Å². The summed E-state index contributed by atoms with van der Waals surface area (Å²) in [5.74, 6) is -0.206. The van der Waals surface area contributed by atoms with Crippen LogP contribution in [-0.4, -0.2) is 12.5 Å².